The lowest BCUT2D eigenvalue weighted by molar-refractivity contribution is -0.139. The molecule has 2 aromatic carbocycles. The molecule has 0 aromatic heterocycles. The number of ether oxygens (including phenoxy) is 1. The summed E-state index contributed by atoms with van der Waals surface area (Å²) < 4.78 is 43.7. The quantitative estimate of drug-likeness (QED) is 0.229. The Balaban J connectivity index is 0.000000407. The van der Waals surface area contributed by atoms with E-state index in [0.717, 1.165) is 5.57 Å². The molecule has 0 atom stereocenters. The van der Waals surface area contributed by atoms with Crippen LogP contribution < -0.4 is 5.32 Å². The number of carbonyl (C=O) groups is 2. The van der Waals surface area contributed by atoms with Crippen molar-refractivity contribution in [2.24, 2.45) is 0 Å². The minimum Gasteiger partial charge on any atom is -0.461 e. The minimum absolute atomic E-state index is 0.169. The van der Waals surface area contributed by atoms with Crippen LogP contribution in [-0.2, 0) is 9.53 Å². The van der Waals surface area contributed by atoms with E-state index in [2.05, 4.69) is 11.9 Å². The zero-order chi connectivity index (χ0) is 23.6. The number of benzene rings is 2. The van der Waals surface area contributed by atoms with Crippen LogP contribution in [0.3, 0.4) is 0 Å². The molecule has 31 heavy (non-hydrogen) atoms. The van der Waals surface area contributed by atoms with Gasteiger partial charge >= 0.3 is 5.97 Å². The van der Waals surface area contributed by atoms with E-state index in [1.807, 2.05) is 13.0 Å². The number of hydrogen-bond acceptors (Lipinski definition) is 4. The van der Waals surface area contributed by atoms with Gasteiger partial charge in [0.25, 0.3) is 5.91 Å². The molecule has 1 amide bonds. The molecular formula is C22H21ClF3NO3S. The summed E-state index contributed by atoms with van der Waals surface area (Å²) in [4.78, 5) is 23.0. The fraction of sp³-hybridized carbons (Fsp3) is 0.182. The van der Waals surface area contributed by atoms with E-state index >= 15 is 0 Å². The third-order valence-corrected chi connectivity index (χ3v) is 4.78. The fourth-order valence-corrected chi connectivity index (χ4v) is 2.95. The number of thioether (sulfide) groups is 1. The molecule has 0 spiro atoms. The highest BCUT2D eigenvalue weighted by Crippen LogP contribution is 2.26. The number of amides is 1. The van der Waals surface area contributed by atoms with Gasteiger partial charge in [0, 0.05) is 35.2 Å². The second-order valence-electron chi connectivity index (χ2n) is 6.09. The van der Waals surface area contributed by atoms with Crippen LogP contribution in [0.2, 0.25) is 5.02 Å². The molecule has 1 N–H and O–H groups in total. The average molecular weight is 472 g/mol. The Morgan fingerprint density at radius 2 is 1.77 bits per heavy atom. The van der Waals surface area contributed by atoms with Crippen molar-refractivity contribution in [2.45, 2.75) is 18.7 Å². The minimum atomic E-state index is -1.58. The summed E-state index contributed by atoms with van der Waals surface area (Å²) in [5.41, 5.74) is 1.09. The summed E-state index contributed by atoms with van der Waals surface area (Å²) in [6, 6.07) is 6.00. The topological polar surface area (TPSA) is 55.4 Å². The second-order valence-corrected chi connectivity index (χ2v) is 7.34. The highest BCUT2D eigenvalue weighted by molar-refractivity contribution is 7.98. The molecule has 0 fully saturated rings. The smallest absolute Gasteiger partial charge is 0.302 e. The van der Waals surface area contributed by atoms with E-state index in [0.29, 0.717) is 28.7 Å². The van der Waals surface area contributed by atoms with Gasteiger partial charge in [-0.25, -0.2) is 13.2 Å². The molecule has 0 aliphatic heterocycles. The van der Waals surface area contributed by atoms with Crippen molar-refractivity contribution in [3.8, 4) is 0 Å². The number of hydrogen-bond donors (Lipinski definition) is 1. The van der Waals surface area contributed by atoms with Gasteiger partial charge in [0.15, 0.2) is 17.5 Å². The molecule has 4 nitrogen and oxygen atoms in total. The van der Waals surface area contributed by atoms with Crippen molar-refractivity contribution in [2.75, 3.05) is 18.2 Å². The Kier molecular flexibility index (Phi) is 10.9. The summed E-state index contributed by atoms with van der Waals surface area (Å²) in [6.45, 7) is 7.14. The predicted octanol–water partition coefficient (Wildman–Crippen LogP) is 6.41. The molecule has 0 bridgehead atoms. The molecule has 0 saturated carbocycles. The van der Waals surface area contributed by atoms with E-state index in [9.17, 15) is 22.8 Å². The van der Waals surface area contributed by atoms with Gasteiger partial charge in [-0.15, -0.1) is 11.8 Å². The molecule has 0 aliphatic carbocycles. The van der Waals surface area contributed by atoms with E-state index in [-0.39, 0.29) is 17.2 Å². The first-order valence-electron chi connectivity index (χ1n) is 8.80. The highest BCUT2D eigenvalue weighted by Gasteiger charge is 2.14. The molecule has 2 rings (SSSR count). The third-order valence-electron chi connectivity index (χ3n) is 3.56. The van der Waals surface area contributed by atoms with Gasteiger partial charge in [-0.3, -0.25) is 9.59 Å². The summed E-state index contributed by atoms with van der Waals surface area (Å²) in [7, 11) is 0. The molecule has 0 unspecified atom stereocenters. The molecule has 0 saturated heterocycles. The van der Waals surface area contributed by atoms with Crippen molar-refractivity contribution < 1.29 is 27.5 Å². The number of nitrogens with one attached hydrogen (secondary N) is 1. The number of allylic oxidation sites excluding steroid dienone is 2. The average Bonchev–Trinajstić information content (AvgIpc) is 2.71. The standard InChI is InChI=1S/C14H9ClF3NOS.C8H12O2/c1-21-12-4-7(2-3-9(12)15)14(20)19-8-5-10(16)13(18)11(17)6-8;1-4-5-7(2)6-10-8(3)9/h2-6H,1H3,(H,19,20);4-5H,1,6H2,2-3H3/b;7-5+. The molecule has 0 heterocycles. The van der Waals surface area contributed by atoms with Gasteiger partial charge in [-0.2, -0.15) is 0 Å². The molecule has 166 valence electrons. The highest BCUT2D eigenvalue weighted by atomic mass is 35.5. The van der Waals surface area contributed by atoms with Gasteiger partial charge in [-0.05, 0) is 37.0 Å². The Bertz CT molecular complexity index is 973. The van der Waals surface area contributed by atoms with Crippen LogP contribution in [0.5, 0.6) is 0 Å². The molecule has 0 aliphatic rings. The van der Waals surface area contributed by atoms with Crippen LogP contribution in [0.25, 0.3) is 0 Å². The van der Waals surface area contributed by atoms with Crippen LogP contribution in [0.15, 0.2) is 59.5 Å². The largest absolute Gasteiger partial charge is 0.461 e. The maximum atomic E-state index is 13.1. The van der Waals surface area contributed by atoms with Crippen molar-refractivity contribution in [1.29, 1.82) is 0 Å². The van der Waals surface area contributed by atoms with Crippen LogP contribution in [-0.4, -0.2) is 24.7 Å². The lowest BCUT2D eigenvalue weighted by Gasteiger charge is -2.08. The van der Waals surface area contributed by atoms with Gasteiger partial charge in [0.1, 0.15) is 6.61 Å². The Labute approximate surface area is 188 Å². The molecular weight excluding hydrogens is 451 g/mol. The first-order valence-corrected chi connectivity index (χ1v) is 10.4. The van der Waals surface area contributed by atoms with Crippen molar-refractivity contribution >= 4 is 40.9 Å². The maximum absolute atomic E-state index is 13.1. The van der Waals surface area contributed by atoms with Gasteiger partial charge in [-0.1, -0.05) is 30.3 Å². The summed E-state index contributed by atoms with van der Waals surface area (Å²) in [5.74, 6) is -5.15. The van der Waals surface area contributed by atoms with Gasteiger partial charge < -0.3 is 10.1 Å². The lowest BCUT2D eigenvalue weighted by Crippen LogP contribution is -2.12. The number of anilines is 1. The zero-order valence-corrected chi connectivity index (χ0v) is 18.7. The van der Waals surface area contributed by atoms with Crippen LogP contribution >= 0.6 is 23.4 Å². The summed E-state index contributed by atoms with van der Waals surface area (Å²) >= 11 is 7.29. The van der Waals surface area contributed by atoms with Crippen LogP contribution in [0.1, 0.15) is 24.2 Å². The Morgan fingerprint density at radius 3 is 2.29 bits per heavy atom. The monoisotopic (exact) mass is 471 g/mol. The van der Waals surface area contributed by atoms with Crippen LogP contribution in [0, 0.1) is 17.5 Å². The van der Waals surface area contributed by atoms with Crippen molar-refractivity contribution in [3.63, 3.8) is 0 Å². The third kappa shape index (κ3) is 8.90. The lowest BCUT2D eigenvalue weighted by atomic mass is 10.2. The summed E-state index contributed by atoms with van der Waals surface area (Å²) in [6.07, 6.45) is 5.27. The van der Waals surface area contributed by atoms with E-state index in [1.54, 1.807) is 24.5 Å². The van der Waals surface area contributed by atoms with Gasteiger partial charge in [0.2, 0.25) is 0 Å². The Hall–Kier alpha value is -2.71. The van der Waals surface area contributed by atoms with E-state index < -0.39 is 23.4 Å². The Morgan fingerprint density at radius 1 is 1.16 bits per heavy atom. The molecule has 9 heteroatoms. The second kappa shape index (κ2) is 12.9. The molecule has 2 aromatic rings. The van der Waals surface area contributed by atoms with Crippen molar-refractivity contribution in [1.82, 2.24) is 0 Å². The first-order chi connectivity index (χ1) is 14.6. The molecule has 0 radical (unpaired) electrons. The van der Waals surface area contributed by atoms with Crippen molar-refractivity contribution in [3.05, 3.63) is 82.7 Å². The maximum Gasteiger partial charge on any atom is 0.302 e. The van der Waals surface area contributed by atoms with Crippen LogP contribution in [0.4, 0.5) is 18.9 Å². The fourth-order valence-electron chi connectivity index (χ4n) is 2.10. The summed E-state index contributed by atoms with van der Waals surface area (Å²) in [5, 5.41) is 2.80. The van der Waals surface area contributed by atoms with Gasteiger partial charge in [0.05, 0.1) is 5.02 Å². The van der Waals surface area contributed by atoms with E-state index in [1.165, 1.54) is 24.8 Å². The predicted molar refractivity (Wildman–Crippen MR) is 118 cm³/mol. The zero-order valence-electron chi connectivity index (χ0n) is 17.1. The number of carbonyl (C=O) groups excluding carboxylic acids is 2. The van der Waals surface area contributed by atoms with E-state index in [4.69, 9.17) is 16.3 Å². The normalized spacial score (nSPS) is 10.6. The number of esters is 1. The number of rotatable bonds is 6. The SMILES string of the molecule is C=C/C=C(\C)COC(C)=O.CSc1cc(C(=O)Nc2cc(F)c(F)c(F)c2)ccc1Cl. The first kappa shape index (κ1) is 26.3. The number of halogens is 4.